The Balaban J connectivity index is 2.63. The van der Waals surface area contributed by atoms with E-state index in [1.54, 1.807) is 24.3 Å². The maximum absolute atomic E-state index is 11.9. The van der Waals surface area contributed by atoms with Crippen molar-refractivity contribution in [3.8, 4) is 0 Å². The van der Waals surface area contributed by atoms with Crippen molar-refractivity contribution in [1.29, 1.82) is 0 Å². The van der Waals surface area contributed by atoms with Gasteiger partial charge in [0.25, 0.3) is 11.1 Å². The van der Waals surface area contributed by atoms with Crippen LogP contribution in [0.15, 0.2) is 46.0 Å². The van der Waals surface area contributed by atoms with E-state index in [0.29, 0.717) is 17.1 Å². The van der Waals surface area contributed by atoms with Gasteiger partial charge in [-0.05, 0) is 18.2 Å². The van der Waals surface area contributed by atoms with Gasteiger partial charge in [-0.15, -0.1) is 0 Å². The largest absolute Gasteiger partial charge is 0.299 e. The summed E-state index contributed by atoms with van der Waals surface area (Å²) in [7, 11) is 0. The number of carbonyl (C=O) groups excluding carboxylic acids is 1. The van der Waals surface area contributed by atoms with Crippen LogP contribution < -0.4 is 11.1 Å². The van der Waals surface area contributed by atoms with Crippen LogP contribution in [0.4, 0.5) is 0 Å². The molecule has 0 fully saturated rings. The summed E-state index contributed by atoms with van der Waals surface area (Å²) in [6.07, 6.45) is 3.39. The van der Waals surface area contributed by atoms with Crippen LogP contribution in [0.2, 0.25) is 0 Å². The zero-order valence-corrected chi connectivity index (χ0v) is 8.92. The van der Waals surface area contributed by atoms with E-state index in [4.69, 9.17) is 0 Å². The summed E-state index contributed by atoms with van der Waals surface area (Å²) in [6.45, 7) is 0.164. The molecule has 0 radical (unpaired) electrons. The number of nitrogens with one attached hydrogen (secondary N) is 1. The number of rotatable bonds is 3. The zero-order chi connectivity index (χ0) is 12.3. The first-order valence-electron chi connectivity index (χ1n) is 5.06. The first kappa shape index (κ1) is 11.1. The van der Waals surface area contributed by atoms with Gasteiger partial charge in [0.1, 0.15) is 6.29 Å². The Morgan fingerprint density at radius 1 is 1.18 bits per heavy atom. The van der Waals surface area contributed by atoms with E-state index < -0.39 is 0 Å². The quantitative estimate of drug-likeness (QED) is 0.614. The van der Waals surface area contributed by atoms with Crippen molar-refractivity contribution in [1.82, 2.24) is 9.78 Å². The molecule has 1 heterocycles. The second-order valence-electron chi connectivity index (χ2n) is 3.47. The maximum Gasteiger partial charge on any atom is 0.273 e. The molecule has 17 heavy (non-hydrogen) atoms. The number of aldehydes is 1. The fraction of sp³-hybridized carbons (Fsp3) is 0.0833. The first-order chi connectivity index (χ1) is 8.24. The molecule has 0 saturated heterocycles. The number of nitrogens with zero attached hydrogens (tertiary/aromatic N) is 1. The van der Waals surface area contributed by atoms with Crippen molar-refractivity contribution in [2.75, 3.05) is 0 Å². The van der Waals surface area contributed by atoms with E-state index in [9.17, 15) is 14.4 Å². The highest BCUT2D eigenvalue weighted by Crippen LogP contribution is 2.02. The molecule has 2 rings (SSSR count). The van der Waals surface area contributed by atoms with E-state index in [1.807, 2.05) is 0 Å². The van der Waals surface area contributed by atoms with Crippen LogP contribution in [0.1, 0.15) is 0 Å². The summed E-state index contributed by atoms with van der Waals surface area (Å²) in [6, 6.07) is 6.61. The van der Waals surface area contributed by atoms with E-state index in [-0.39, 0.29) is 17.7 Å². The average Bonchev–Trinajstić information content (AvgIpc) is 2.36. The summed E-state index contributed by atoms with van der Waals surface area (Å²) in [5, 5.41) is 3.20. The van der Waals surface area contributed by atoms with E-state index >= 15 is 0 Å². The van der Waals surface area contributed by atoms with Crippen LogP contribution >= 0.6 is 0 Å². The molecule has 0 amide bonds. The summed E-state index contributed by atoms with van der Waals surface area (Å²) >= 11 is 0. The number of aromatic nitrogens is 2. The number of carbonyl (C=O) groups is 1. The monoisotopic (exact) mass is 230 g/mol. The van der Waals surface area contributed by atoms with Crippen LogP contribution in [0.5, 0.6) is 0 Å². The number of hydrogen-bond acceptors (Lipinski definition) is 3. The molecular formula is C12H10N2O3. The van der Waals surface area contributed by atoms with Gasteiger partial charge in [0.2, 0.25) is 0 Å². The second kappa shape index (κ2) is 4.61. The van der Waals surface area contributed by atoms with Crippen LogP contribution in [0, 0.1) is 0 Å². The fourth-order valence-corrected chi connectivity index (χ4v) is 1.60. The molecule has 0 aliphatic heterocycles. The highest BCUT2D eigenvalue weighted by molar-refractivity contribution is 5.80. The van der Waals surface area contributed by atoms with Gasteiger partial charge in [-0.3, -0.25) is 19.5 Å². The minimum Gasteiger partial charge on any atom is -0.299 e. The molecule has 0 bridgehead atoms. The Bertz CT molecular complexity index is 695. The minimum atomic E-state index is -0.320. The molecular weight excluding hydrogens is 220 g/mol. The number of aromatic amines is 1. The minimum absolute atomic E-state index is 0.164. The lowest BCUT2D eigenvalue weighted by Crippen LogP contribution is -2.29. The Labute approximate surface area is 96.0 Å². The van der Waals surface area contributed by atoms with E-state index in [1.165, 1.54) is 16.8 Å². The van der Waals surface area contributed by atoms with Gasteiger partial charge in [-0.2, -0.15) is 0 Å². The van der Waals surface area contributed by atoms with Crippen molar-refractivity contribution < 1.29 is 4.79 Å². The molecule has 0 saturated carbocycles. The Morgan fingerprint density at radius 2 is 1.88 bits per heavy atom. The lowest BCUT2D eigenvalue weighted by molar-refractivity contribution is -0.104. The lowest BCUT2D eigenvalue weighted by Gasteiger charge is -2.03. The van der Waals surface area contributed by atoms with Crippen molar-refractivity contribution in [2.45, 2.75) is 6.54 Å². The van der Waals surface area contributed by atoms with Crippen LogP contribution in [-0.4, -0.2) is 16.1 Å². The third-order valence-corrected chi connectivity index (χ3v) is 2.39. The summed E-state index contributed by atoms with van der Waals surface area (Å²) in [5.41, 5.74) is -0.601. The predicted molar refractivity (Wildman–Crippen MR) is 64.0 cm³/mol. The van der Waals surface area contributed by atoms with Crippen molar-refractivity contribution in [2.24, 2.45) is 0 Å². The van der Waals surface area contributed by atoms with Crippen molar-refractivity contribution in [3.05, 3.63) is 57.1 Å². The Hall–Kier alpha value is -2.43. The number of fused-ring (bicyclic) bond motifs is 1. The molecule has 0 unspecified atom stereocenters. The number of hydrogen-bond donors (Lipinski definition) is 1. The predicted octanol–water partition coefficient (Wildman–Crippen LogP) is 0.445. The van der Waals surface area contributed by atoms with Crippen LogP contribution in [-0.2, 0) is 11.3 Å². The maximum atomic E-state index is 11.9. The first-order valence-corrected chi connectivity index (χ1v) is 5.06. The number of H-pyrrole nitrogens is 1. The third kappa shape index (κ3) is 2.08. The molecule has 0 spiro atoms. The number of allylic oxidation sites excluding steroid dienone is 2. The molecule has 5 heteroatoms. The van der Waals surface area contributed by atoms with Crippen molar-refractivity contribution >= 4 is 17.1 Å². The molecule has 1 aromatic carbocycles. The molecule has 5 nitrogen and oxygen atoms in total. The van der Waals surface area contributed by atoms with Gasteiger partial charge >= 0.3 is 0 Å². The average molecular weight is 230 g/mol. The second-order valence-corrected chi connectivity index (χ2v) is 3.47. The molecule has 0 atom stereocenters. The molecule has 0 aliphatic rings. The van der Waals surface area contributed by atoms with Gasteiger partial charge in [0, 0.05) is 0 Å². The lowest BCUT2D eigenvalue weighted by atomic mass is 10.2. The summed E-state index contributed by atoms with van der Waals surface area (Å²) in [5.74, 6) is 0. The SMILES string of the molecule is O=C/C=C/Cn1[nH]c(=O)c2ccccc2c1=O. The van der Waals surface area contributed by atoms with Crippen LogP contribution in [0.3, 0.4) is 0 Å². The highest BCUT2D eigenvalue weighted by atomic mass is 16.2. The van der Waals surface area contributed by atoms with Crippen LogP contribution in [0.25, 0.3) is 10.8 Å². The zero-order valence-electron chi connectivity index (χ0n) is 8.92. The van der Waals surface area contributed by atoms with Crippen molar-refractivity contribution in [3.63, 3.8) is 0 Å². The molecule has 1 aromatic heterocycles. The van der Waals surface area contributed by atoms with Gasteiger partial charge in [0.15, 0.2) is 0 Å². The fourth-order valence-electron chi connectivity index (χ4n) is 1.60. The third-order valence-electron chi connectivity index (χ3n) is 2.39. The van der Waals surface area contributed by atoms with E-state index in [0.717, 1.165) is 0 Å². The smallest absolute Gasteiger partial charge is 0.273 e. The normalized spacial score (nSPS) is 11.1. The van der Waals surface area contributed by atoms with Gasteiger partial charge in [0.05, 0.1) is 17.3 Å². The van der Waals surface area contributed by atoms with Gasteiger partial charge in [-0.25, -0.2) is 4.68 Å². The van der Waals surface area contributed by atoms with E-state index in [2.05, 4.69) is 5.10 Å². The van der Waals surface area contributed by atoms with Gasteiger partial charge < -0.3 is 0 Å². The molecule has 2 aromatic rings. The molecule has 0 aliphatic carbocycles. The number of benzene rings is 1. The highest BCUT2D eigenvalue weighted by Gasteiger charge is 2.04. The molecule has 86 valence electrons. The van der Waals surface area contributed by atoms with Gasteiger partial charge in [-0.1, -0.05) is 18.2 Å². The topological polar surface area (TPSA) is 71.9 Å². The summed E-state index contributed by atoms with van der Waals surface area (Å²) < 4.78 is 1.17. The standard InChI is InChI=1S/C12H10N2O3/c15-8-4-3-7-14-12(17)10-6-2-1-5-9(10)11(16)13-14/h1-6,8H,7H2,(H,13,16)/b4-3+. The summed E-state index contributed by atoms with van der Waals surface area (Å²) in [4.78, 5) is 33.7. The molecule has 1 N–H and O–H groups in total. The Kier molecular flexibility index (Phi) is 3.00. The Morgan fingerprint density at radius 3 is 2.59 bits per heavy atom.